The van der Waals surface area contributed by atoms with E-state index >= 15 is 0 Å². The number of rotatable bonds is 1. The van der Waals surface area contributed by atoms with Crippen molar-refractivity contribution in [3.05, 3.63) is 55.7 Å². The van der Waals surface area contributed by atoms with Crippen molar-refractivity contribution in [2.45, 2.75) is 20.8 Å². The Hall–Kier alpha value is -3.68. The summed E-state index contributed by atoms with van der Waals surface area (Å²) in [6.07, 6.45) is 0. The topological polar surface area (TPSA) is 135 Å². The number of phenolic OH excluding ortho intramolecular Hbond substituents is 1. The summed E-state index contributed by atoms with van der Waals surface area (Å²) < 4.78 is 5.37. The first-order valence-electron chi connectivity index (χ1n) is 8.21. The van der Waals surface area contributed by atoms with Gasteiger partial charge in [-0.15, -0.1) is 0 Å². The highest BCUT2D eigenvalue weighted by molar-refractivity contribution is 5.92. The molecule has 0 aliphatic rings. The second-order valence-electron chi connectivity index (χ2n) is 6.43. The van der Waals surface area contributed by atoms with Gasteiger partial charge in [-0.3, -0.25) is 9.78 Å². The van der Waals surface area contributed by atoms with Crippen LogP contribution >= 0.6 is 0 Å². The molecule has 8 nitrogen and oxygen atoms in total. The Morgan fingerprint density at radius 1 is 1.04 bits per heavy atom. The predicted octanol–water partition coefficient (Wildman–Crippen LogP) is 2.30. The van der Waals surface area contributed by atoms with E-state index in [1.54, 1.807) is 32.0 Å². The second kappa shape index (κ2) is 5.66. The Morgan fingerprint density at radius 2 is 1.78 bits per heavy atom. The number of H-pyrrole nitrogens is 1. The quantitative estimate of drug-likeness (QED) is 0.441. The number of phenols is 1. The van der Waals surface area contributed by atoms with E-state index in [0.717, 1.165) is 5.56 Å². The van der Waals surface area contributed by atoms with Crippen molar-refractivity contribution in [3.8, 4) is 17.0 Å². The number of benzene rings is 1. The SMILES string of the molecule is Cc1c(C)c2cc(-c3ccc4c(=O)[nH]c(N)nc4n3)c(O)c(C)c2oc1=O. The number of pyridine rings is 1. The summed E-state index contributed by atoms with van der Waals surface area (Å²) in [5.74, 6) is -0.0946. The summed E-state index contributed by atoms with van der Waals surface area (Å²) in [4.78, 5) is 34.8. The molecule has 0 saturated carbocycles. The van der Waals surface area contributed by atoms with Gasteiger partial charge in [0, 0.05) is 22.1 Å². The number of aromatic hydroxyl groups is 1. The summed E-state index contributed by atoms with van der Waals surface area (Å²) in [6, 6.07) is 4.91. The third-order valence-corrected chi connectivity index (χ3v) is 4.82. The molecule has 27 heavy (non-hydrogen) atoms. The van der Waals surface area contributed by atoms with Gasteiger partial charge in [-0.25, -0.2) is 9.78 Å². The highest BCUT2D eigenvalue weighted by atomic mass is 16.4. The lowest BCUT2D eigenvalue weighted by Gasteiger charge is -2.12. The molecule has 0 amide bonds. The Morgan fingerprint density at radius 3 is 2.52 bits per heavy atom. The summed E-state index contributed by atoms with van der Waals surface area (Å²) in [5.41, 5.74) is 7.87. The van der Waals surface area contributed by atoms with Crippen LogP contribution in [0.1, 0.15) is 16.7 Å². The molecule has 8 heteroatoms. The summed E-state index contributed by atoms with van der Waals surface area (Å²) >= 11 is 0. The zero-order valence-electron chi connectivity index (χ0n) is 14.9. The number of aryl methyl sites for hydroxylation is 2. The molecule has 136 valence electrons. The Bertz CT molecular complexity index is 1370. The van der Waals surface area contributed by atoms with Crippen LogP contribution in [0.5, 0.6) is 5.75 Å². The lowest BCUT2D eigenvalue weighted by Crippen LogP contribution is -2.12. The van der Waals surface area contributed by atoms with Gasteiger partial charge in [0.1, 0.15) is 11.3 Å². The largest absolute Gasteiger partial charge is 0.507 e. The monoisotopic (exact) mass is 364 g/mol. The van der Waals surface area contributed by atoms with Gasteiger partial charge >= 0.3 is 5.63 Å². The first-order chi connectivity index (χ1) is 12.8. The third kappa shape index (κ3) is 2.45. The number of anilines is 1. The number of fused-ring (bicyclic) bond motifs is 2. The average Bonchev–Trinajstić information content (AvgIpc) is 2.62. The van der Waals surface area contributed by atoms with E-state index in [0.29, 0.717) is 38.7 Å². The van der Waals surface area contributed by atoms with Gasteiger partial charge in [-0.05, 0) is 44.5 Å². The molecule has 0 unspecified atom stereocenters. The van der Waals surface area contributed by atoms with Crippen molar-refractivity contribution >= 4 is 28.0 Å². The Labute approximate surface area is 152 Å². The fourth-order valence-electron chi connectivity index (χ4n) is 3.11. The van der Waals surface area contributed by atoms with Crippen LogP contribution in [0, 0.1) is 20.8 Å². The van der Waals surface area contributed by atoms with Gasteiger partial charge < -0.3 is 15.3 Å². The number of nitrogens with one attached hydrogen (secondary N) is 1. The minimum Gasteiger partial charge on any atom is -0.507 e. The highest BCUT2D eigenvalue weighted by Gasteiger charge is 2.18. The van der Waals surface area contributed by atoms with Gasteiger partial charge in [-0.1, -0.05) is 0 Å². The standard InChI is InChI=1S/C19H16N4O4/c1-7-8(2)18(26)27-15-9(3)14(24)12(6-11(7)15)13-5-4-10-16(21-13)22-19(20)23-17(10)25/h4-6,24H,1-3H3,(H3,20,21,22,23,25). The molecule has 0 saturated heterocycles. The number of nitrogen functional groups attached to an aromatic ring is 1. The first kappa shape index (κ1) is 16.8. The average molecular weight is 364 g/mol. The van der Waals surface area contributed by atoms with Crippen molar-refractivity contribution in [2.24, 2.45) is 0 Å². The van der Waals surface area contributed by atoms with Gasteiger partial charge in [0.05, 0.1) is 11.1 Å². The van der Waals surface area contributed by atoms with Crippen molar-refractivity contribution in [1.29, 1.82) is 0 Å². The molecule has 3 heterocycles. The Balaban J connectivity index is 2.07. The number of hydrogen-bond donors (Lipinski definition) is 3. The molecule has 0 radical (unpaired) electrons. The zero-order valence-corrected chi connectivity index (χ0v) is 14.9. The fourth-order valence-corrected chi connectivity index (χ4v) is 3.11. The molecule has 0 spiro atoms. The molecule has 4 N–H and O–H groups in total. The summed E-state index contributed by atoms with van der Waals surface area (Å²) in [5, 5.41) is 11.7. The van der Waals surface area contributed by atoms with Crippen LogP contribution in [0.2, 0.25) is 0 Å². The van der Waals surface area contributed by atoms with E-state index in [-0.39, 0.29) is 22.9 Å². The molecule has 3 aromatic heterocycles. The smallest absolute Gasteiger partial charge is 0.339 e. The molecular formula is C19H16N4O4. The van der Waals surface area contributed by atoms with Crippen LogP contribution < -0.4 is 16.9 Å². The zero-order chi connectivity index (χ0) is 19.5. The maximum absolute atomic E-state index is 12.0. The van der Waals surface area contributed by atoms with Crippen molar-refractivity contribution in [2.75, 3.05) is 5.73 Å². The van der Waals surface area contributed by atoms with Crippen LogP contribution in [0.3, 0.4) is 0 Å². The molecule has 0 fully saturated rings. The second-order valence-corrected chi connectivity index (χ2v) is 6.43. The van der Waals surface area contributed by atoms with Crippen molar-refractivity contribution in [1.82, 2.24) is 15.0 Å². The molecule has 4 rings (SSSR count). The maximum atomic E-state index is 12.0. The van der Waals surface area contributed by atoms with E-state index < -0.39 is 5.63 Å². The third-order valence-electron chi connectivity index (χ3n) is 4.82. The van der Waals surface area contributed by atoms with Gasteiger partial charge in [0.2, 0.25) is 5.95 Å². The van der Waals surface area contributed by atoms with E-state index in [1.807, 2.05) is 6.92 Å². The number of nitrogens with zero attached hydrogens (tertiary/aromatic N) is 2. The minimum atomic E-state index is -0.432. The highest BCUT2D eigenvalue weighted by Crippen LogP contribution is 2.37. The molecule has 1 aromatic carbocycles. The summed E-state index contributed by atoms with van der Waals surface area (Å²) in [7, 11) is 0. The van der Waals surface area contributed by atoms with Crippen molar-refractivity contribution < 1.29 is 9.52 Å². The maximum Gasteiger partial charge on any atom is 0.339 e. The molecule has 4 aromatic rings. The first-order valence-corrected chi connectivity index (χ1v) is 8.21. The van der Waals surface area contributed by atoms with Crippen LogP contribution in [-0.4, -0.2) is 20.1 Å². The van der Waals surface area contributed by atoms with E-state index in [2.05, 4.69) is 15.0 Å². The van der Waals surface area contributed by atoms with Gasteiger partial charge in [0.25, 0.3) is 5.56 Å². The van der Waals surface area contributed by atoms with Crippen LogP contribution in [-0.2, 0) is 0 Å². The number of nitrogens with two attached hydrogens (primary N) is 1. The van der Waals surface area contributed by atoms with Crippen LogP contribution in [0.25, 0.3) is 33.3 Å². The lowest BCUT2D eigenvalue weighted by molar-refractivity contribution is 0.470. The lowest BCUT2D eigenvalue weighted by atomic mass is 9.98. The Kier molecular flexibility index (Phi) is 3.52. The molecule has 0 aliphatic heterocycles. The molecule has 0 bridgehead atoms. The number of hydrogen-bond acceptors (Lipinski definition) is 7. The predicted molar refractivity (Wildman–Crippen MR) is 102 cm³/mol. The fraction of sp³-hybridized carbons (Fsp3) is 0.158. The van der Waals surface area contributed by atoms with E-state index in [4.69, 9.17) is 10.2 Å². The minimum absolute atomic E-state index is 0.0377. The van der Waals surface area contributed by atoms with Crippen molar-refractivity contribution in [3.63, 3.8) is 0 Å². The molecule has 0 aliphatic carbocycles. The number of aromatic amines is 1. The van der Waals surface area contributed by atoms with Crippen LogP contribution in [0.4, 0.5) is 5.95 Å². The number of aromatic nitrogens is 3. The van der Waals surface area contributed by atoms with E-state index in [1.165, 1.54) is 0 Å². The van der Waals surface area contributed by atoms with Gasteiger partial charge in [-0.2, -0.15) is 4.98 Å². The summed E-state index contributed by atoms with van der Waals surface area (Å²) in [6.45, 7) is 5.18. The molecular weight excluding hydrogens is 348 g/mol. The molecule has 0 atom stereocenters. The van der Waals surface area contributed by atoms with Crippen LogP contribution in [0.15, 0.2) is 32.2 Å². The van der Waals surface area contributed by atoms with Gasteiger partial charge in [0.15, 0.2) is 5.65 Å². The normalized spacial score (nSPS) is 11.4. The van der Waals surface area contributed by atoms with E-state index in [9.17, 15) is 14.7 Å².